The molecule has 1 N–H and O–H groups in total. The van der Waals surface area contributed by atoms with Gasteiger partial charge < -0.3 is 9.52 Å². The standard InChI is InChI=1S/C14H14F2O2/c1-7-8(2)18-9(3)12(7)14(17)13-10(15)5-4-6-11(13)16/h4-6,14,17H,1-3H3. The molecule has 18 heavy (non-hydrogen) atoms. The zero-order valence-corrected chi connectivity index (χ0v) is 10.4. The van der Waals surface area contributed by atoms with Crippen LogP contribution in [-0.2, 0) is 0 Å². The molecule has 2 aromatic rings. The van der Waals surface area contributed by atoms with Crippen LogP contribution < -0.4 is 0 Å². The summed E-state index contributed by atoms with van der Waals surface area (Å²) in [6.45, 7) is 5.16. The summed E-state index contributed by atoms with van der Waals surface area (Å²) in [6, 6.07) is 3.51. The van der Waals surface area contributed by atoms with Crippen molar-refractivity contribution < 1.29 is 18.3 Å². The van der Waals surface area contributed by atoms with Gasteiger partial charge in [-0.05, 0) is 38.5 Å². The predicted molar refractivity (Wildman–Crippen MR) is 63.3 cm³/mol. The number of aliphatic hydroxyl groups excluding tert-OH is 1. The van der Waals surface area contributed by atoms with Crippen molar-refractivity contribution in [1.29, 1.82) is 0 Å². The van der Waals surface area contributed by atoms with Crippen molar-refractivity contribution in [3.05, 3.63) is 58.0 Å². The van der Waals surface area contributed by atoms with Crippen LogP contribution in [-0.4, -0.2) is 5.11 Å². The lowest BCUT2D eigenvalue weighted by Crippen LogP contribution is -2.07. The van der Waals surface area contributed by atoms with Gasteiger partial charge in [-0.25, -0.2) is 8.78 Å². The highest BCUT2D eigenvalue weighted by Crippen LogP contribution is 2.33. The molecule has 1 heterocycles. The van der Waals surface area contributed by atoms with E-state index in [4.69, 9.17) is 4.42 Å². The summed E-state index contributed by atoms with van der Waals surface area (Å²) in [5, 5.41) is 10.2. The highest BCUT2D eigenvalue weighted by atomic mass is 19.1. The second-order valence-corrected chi connectivity index (χ2v) is 4.29. The molecular weight excluding hydrogens is 238 g/mol. The first-order chi connectivity index (χ1) is 8.43. The summed E-state index contributed by atoms with van der Waals surface area (Å²) in [7, 11) is 0. The molecule has 1 aromatic heterocycles. The van der Waals surface area contributed by atoms with Gasteiger partial charge in [-0.1, -0.05) is 6.07 Å². The maximum Gasteiger partial charge on any atom is 0.132 e. The van der Waals surface area contributed by atoms with E-state index in [0.29, 0.717) is 22.6 Å². The van der Waals surface area contributed by atoms with Crippen molar-refractivity contribution in [1.82, 2.24) is 0 Å². The van der Waals surface area contributed by atoms with Crippen LogP contribution in [0.25, 0.3) is 0 Å². The van der Waals surface area contributed by atoms with Crippen LogP contribution in [0.2, 0.25) is 0 Å². The van der Waals surface area contributed by atoms with E-state index < -0.39 is 17.7 Å². The average molecular weight is 252 g/mol. The van der Waals surface area contributed by atoms with Crippen molar-refractivity contribution >= 4 is 0 Å². The summed E-state index contributed by atoms with van der Waals surface area (Å²) in [5.74, 6) is -0.418. The Labute approximate surface area is 104 Å². The first-order valence-corrected chi connectivity index (χ1v) is 5.62. The molecule has 4 heteroatoms. The molecule has 0 saturated carbocycles. The minimum atomic E-state index is -1.36. The van der Waals surface area contributed by atoms with Crippen LogP contribution >= 0.6 is 0 Å². The summed E-state index contributed by atoms with van der Waals surface area (Å²) in [5.41, 5.74) is 0.795. The van der Waals surface area contributed by atoms with Crippen LogP contribution in [0.5, 0.6) is 0 Å². The van der Waals surface area contributed by atoms with Crippen molar-refractivity contribution in [3.8, 4) is 0 Å². The highest BCUT2D eigenvalue weighted by Gasteiger charge is 2.25. The van der Waals surface area contributed by atoms with Crippen molar-refractivity contribution in [2.75, 3.05) is 0 Å². The highest BCUT2D eigenvalue weighted by molar-refractivity contribution is 5.40. The minimum Gasteiger partial charge on any atom is -0.466 e. The van der Waals surface area contributed by atoms with Gasteiger partial charge in [-0.15, -0.1) is 0 Å². The van der Waals surface area contributed by atoms with E-state index in [0.717, 1.165) is 12.1 Å². The van der Waals surface area contributed by atoms with Crippen LogP contribution in [0.4, 0.5) is 8.78 Å². The van der Waals surface area contributed by atoms with Crippen LogP contribution in [0.1, 0.15) is 34.3 Å². The molecule has 96 valence electrons. The van der Waals surface area contributed by atoms with Crippen molar-refractivity contribution in [2.24, 2.45) is 0 Å². The first-order valence-electron chi connectivity index (χ1n) is 5.62. The molecule has 1 atom stereocenters. The predicted octanol–water partition coefficient (Wildman–Crippen LogP) is 3.56. The Morgan fingerprint density at radius 3 is 2.00 bits per heavy atom. The van der Waals surface area contributed by atoms with E-state index in [9.17, 15) is 13.9 Å². The molecule has 0 aliphatic rings. The number of benzene rings is 1. The number of halogens is 2. The van der Waals surface area contributed by atoms with Gasteiger partial charge in [0.25, 0.3) is 0 Å². The lowest BCUT2D eigenvalue weighted by molar-refractivity contribution is 0.206. The van der Waals surface area contributed by atoms with E-state index in [-0.39, 0.29) is 5.56 Å². The normalized spacial score (nSPS) is 12.8. The van der Waals surface area contributed by atoms with Gasteiger partial charge in [0.2, 0.25) is 0 Å². The molecular formula is C14H14F2O2. The Morgan fingerprint density at radius 2 is 1.56 bits per heavy atom. The van der Waals surface area contributed by atoms with Gasteiger partial charge in [-0.3, -0.25) is 0 Å². The molecule has 0 bridgehead atoms. The molecule has 0 saturated heterocycles. The molecule has 2 rings (SSSR count). The average Bonchev–Trinajstić information content (AvgIpc) is 2.52. The third-order valence-corrected chi connectivity index (χ3v) is 3.16. The van der Waals surface area contributed by atoms with Crippen LogP contribution in [0, 0.1) is 32.4 Å². The third kappa shape index (κ3) is 1.93. The number of rotatable bonds is 2. The zero-order valence-electron chi connectivity index (χ0n) is 10.4. The lowest BCUT2D eigenvalue weighted by atomic mass is 9.97. The summed E-state index contributed by atoms with van der Waals surface area (Å²) in [4.78, 5) is 0. The quantitative estimate of drug-likeness (QED) is 0.886. The molecule has 2 nitrogen and oxygen atoms in total. The maximum atomic E-state index is 13.6. The SMILES string of the molecule is Cc1oc(C)c(C(O)c2c(F)cccc2F)c1C. The Kier molecular flexibility index (Phi) is 3.22. The molecule has 0 aliphatic heterocycles. The maximum absolute atomic E-state index is 13.6. The van der Waals surface area contributed by atoms with Crippen molar-refractivity contribution in [2.45, 2.75) is 26.9 Å². The lowest BCUT2D eigenvalue weighted by Gasteiger charge is -2.13. The molecule has 0 spiro atoms. The molecule has 0 amide bonds. The van der Waals surface area contributed by atoms with E-state index >= 15 is 0 Å². The van der Waals surface area contributed by atoms with Gasteiger partial charge in [0.15, 0.2) is 0 Å². The summed E-state index contributed by atoms with van der Waals surface area (Å²) >= 11 is 0. The fourth-order valence-corrected chi connectivity index (χ4v) is 2.13. The topological polar surface area (TPSA) is 33.4 Å². The Balaban J connectivity index is 2.58. The molecule has 0 radical (unpaired) electrons. The second-order valence-electron chi connectivity index (χ2n) is 4.29. The monoisotopic (exact) mass is 252 g/mol. The molecule has 1 aromatic carbocycles. The van der Waals surface area contributed by atoms with Crippen molar-refractivity contribution in [3.63, 3.8) is 0 Å². The summed E-state index contributed by atoms with van der Waals surface area (Å²) in [6.07, 6.45) is -1.36. The Bertz CT molecular complexity index is 567. The Hall–Kier alpha value is -1.68. The number of furan rings is 1. The van der Waals surface area contributed by atoms with Gasteiger partial charge >= 0.3 is 0 Å². The van der Waals surface area contributed by atoms with E-state index in [1.54, 1.807) is 20.8 Å². The van der Waals surface area contributed by atoms with E-state index in [1.807, 2.05) is 0 Å². The number of aryl methyl sites for hydroxylation is 2. The van der Waals surface area contributed by atoms with Gasteiger partial charge in [-0.2, -0.15) is 0 Å². The fourth-order valence-electron chi connectivity index (χ4n) is 2.13. The Morgan fingerprint density at radius 1 is 1.00 bits per heavy atom. The van der Waals surface area contributed by atoms with Gasteiger partial charge in [0.05, 0.1) is 5.56 Å². The van der Waals surface area contributed by atoms with E-state index in [1.165, 1.54) is 6.07 Å². The molecule has 1 unspecified atom stereocenters. The summed E-state index contributed by atoms with van der Waals surface area (Å²) < 4.78 is 32.6. The first kappa shape index (κ1) is 12.8. The molecule has 0 fully saturated rings. The zero-order chi connectivity index (χ0) is 13.4. The fraction of sp³-hybridized carbons (Fsp3) is 0.286. The number of hydrogen-bond donors (Lipinski definition) is 1. The third-order valence-electron chi connectivity index (χ3n) is 3.16. The van der Waals surface area contributed by atoms with E-state index in [2.05, 4.69) is 0 Å². The van der Waals surface area contributed by atoms with Crippen LogP contribution in [0.15, 0.2) is 22.6 Å². The smallest absolute Gasteiger partial charge is 0.132 e. The second kappa shape index (κ2) is 4.53. The van der Waals surface area contributed by atoms with Gasteiger partial charge in [0, 0.05) is 5.56 Å². The van der Waals surface area contributed by atoms with Crippen LogP contribution in [0.3, 0.4) is 0 Å². The largest absolute Gasteiger partial charge is 0.466 e. The minimum absolute atomic E-state index is 0.343. The number of hydrogen-bond acceptors (Lipinski definition) is 2. The van der Waals surface area contributed by atoms with Gasteiger partial charge in [0.1, 0.15) is 29.3 Å². The molecule has 0 aliphatic carbocycles. The number of aliphatic hydroxyl groups is 1.